The van der Waals surface area contributed by atoms with Gasteiger partial charge in [0.15, 0.2) is 11.0 Å². The molecule has 3 heterocycles. The number of nitrogen functional groups attached to an aromatic ring is 1. The summed E-state index contributed by atoms with van der Waals surface area (Å²) in [5.74, 6) is -1.27. The second kappa shape index (κ2) is 8.80. The minimum atomic E-state index is -0.872. The van der Waals surface area contributed by atoms with Crippen LogP contribution in [0.3, 0.4) is 0 Å². The third-order valence-corrected chi connectivity index (χ3v) is 6.77. The number of hydrogen-bond donors (Lipinski definition) is 3. The van der Waals surface area contributed by atoms with Crippen molar-refractivity contribution < 1.29 is 14.7 Å². The molecular weight excluding hydrogens is 418 g/mol. The number of nitrogens with two attached hydrogens (primary N) is 1. The molecule has 4 N–H and O–H groups in total. The number of rotatable bonds is 4. The highest BCUT2D eigenvalue weighted by Crippen LogP contribution is 2.42. The minimum absolute atomic E-state index is 0.00127. The van der Waals surface area contributed by atoms with Crippen molar-refractivity contribution >= 4 is 29.3 Å². The second-order valence-corrected chi connectivity index (χ2v) is 8.67. The van der Waals surface area contributed by atoms with Crippen molar-refractivity contribution in [1.82, 2.24) is 20.4 Å². The molecule has 2 aliphatic heterocycles. The quantitative estimate of drug-likeness (QED) is 0.663. The van der Waals surface area contributed by atoms with Gasteiger partial charge in [-0.05, 0) is 50.4 Å². The SMILES string of the molecule is Nc1nnc(Cl)cc1C1CC(C(=O)O)CCN1C(=O)C1(c2ccccc2)CCNCC1. The summed E-state index contributed by atoms with van der Waals surface area (Å²) in [6.07, 6.45) is 2.00. The fourth-order valence-electron chi connectivity index (χ4n) is 4.90. The lowest BCUT2D eigenvalue weighted by molar-refractivity contribution is -0.151. The summed E-state index contributed by atoms with van der Waals surface area (Å²) in [5.41, 5.74) is 6.97. The lowest BCUT2D eigenvalue weighted by Crippen LogP contribution is -2.55. The maximum absolute atomic E-state index is 14.2. The molecule has 9 heteroatoms. The molecule has 1 aromatic heterocycles. The first-order chi connectivity index (χ1) is 14.9. The average molecular weight is 444 g/mol. The number of benzene rings is 1. The number of aliphatic carboxylic acids is 1. The fourth-order valence-corrected chi connectivity index (χ4v) is 5.05. The predicted molar refractivity (Wildman–Crippen MR) is 116 cm³/mol. The Balaban J connectivity index is 1.76. The van der Waals surface area contributed by atoms with E-state index in [0.29, 0.717) is 31.4 Å². The highest BCUT2D eigenvalue weighted by atomic mass is 35.5. The molecule has 2 aromatic rings. The molecule has 2 unspecified atom stereocenters. The standard InChI is InChI=1S/C22H26ClN5O3/c23-18-13-16(19(24)27-26-18)17-12-14(20(29)30)6-11-28(17)21(31)22(7-9-25-10-8-22)15-4-2-1-3-5-15/h1-5,13-14,17,25H,6-12H2,(H2,24,27)(H,29,30). The maximum atomic E-state index is 14.2. The Labute approximate surface area is 185 Å². The first-order valence-electron chi connectivity index (χ1n) is 10.5. The molecule has 0 bridgehead atoms. The van der Waals surface area contributed by atoms with Crippen molar-refractivity contribution in [2.75, 3.05) is 25.4 Å². The summed E-state index contributed by atoms with van der Waals surface area (Å²) in [6, 6.07) is 10.9. The molecule has 0 spiro atoms. The number of amides is 1. The number of carboxylic acid groups (broad SMARTS) is 1. The van der Waals surface area contributed by atoms with Crippen LogP contribution < -0.4 is 11.1 Å². The van der Waals surface area contributed by atoms with E-state index >= 15 is 0 Å². The summed E-state index contributed by atoms with van der Waals surface area (Å²) >= 11 is 6.08. The Kier molecular flexibility index (Phi) is 6.11. The Hall–Kier alpha value is -2.71. The molecule has 4 rings (SSSR count). The van der Waals surface area contributed by atoms with Crippen LogP contribution in [0.5, 0.6) is 0 Å². The molecule has 164 valence electrons. The number of likely N-dealkylation sites (tertiary alicyclic amines) is 1. The van der Waals surface area contributed by atoms with Crippen LogP contribution in [0, 0.1) is 5.92 Å². The van der Waals surface area contributed by atoms with Crippen LogP contribution >= 0.6 is 11.6 Å². The van der Waals surface area contributed by atoms with Gasteiger partial charge in [0.2, 0.25) is 5.91 Å². The first-order valence-corrected chi connectivity index (χ1v) is 10.9. The molecule has 31 heavy (non-hydrogen) atoms. The van der Waals surface area contributed by atoms with Crippen molar-refractivity contribution in [3.05, 3.63) is 52.7 Å². The zero-order chi connectivity index (χ0) is 22.0. The van der Waals surface area contributed by atoms with E-state index in [1.807, 2.05) is 30.3 Å². The van der Waals surface area contributed by atoms with Gasteiger partial charge in [-0.3, -0.25) is 9.59 Å². The van der Waals surface area contributed by atoms with E-state index in [-0.39, 0.29) is 23.3 Å². The molecular formula is C22H26ClN5O3. The lowest BCUT2D eigenvalue weighted by atomic mass is 9.71. The summed E-state index contributed by atoms with van der Waals surface area (Å²) in [6.45, 7) is 1.81. The number of nitrogens with one attached hydrogen (secondary N) is 1. The Bertz CT molecular complexity index is 965. The smallest absolute Gasteiger partial charge is 0.306 e. The number of aromatic nitrogens is 2. The van der Waals surface area contributed by atoms with Crippen molar-refractivity contribution in [2.24, 2.45) is 5.92 Å². The van der Waals surface area contributed by atoms with Crippen LogP contribution in [-0.2, 0) is 15.0 Å². The number of halogens is 1. The largest absolute Gasteiger partial charge is 0.481 e. The zero-order valence-electron chi connectivity index (χ0n) is 17.1. The zero-order valence-corrected chi connectivity index (χ0v) is 17.9. The third kappa shape index (κ3) is 4.09. The number of carbonyl (C=O) groups is 2. The topological polar surface area (TPSA) is 121 Å². The number of anilines is 1. The van der Waals surface area contributed by atoms with Crippen molar-refractivity contribution in [2.45, 2.75) is 37.1 Å². The van der Waals surface area contributed by atoms with Crippen molar-refractivity contribution in [3.63, 3.8) is 0 Å². The van der Waals surface area contributed by atoms with Gasteiger partial charge in [-0.2, -0.15) is 0 Å². The van der Waals surface area contributed by atoms with Crippen molar-refractivity contribution in [3.8, 4) is 0 Å². The molecule has 0 radical (unpaired) electrons. The number of carboxylic acids is 1. The molecule has 0 aliphatic carbocycles. The Morgan fingerprint density at radius 2 is 1.90 bits per heavy atom. The van der Waals surface area contributed by atoms with E-state index in [1.54, 1.807) is 11.0 Å². The van der Waals surface area contributed by atoms with Gasteiger partial charge in [0.25, 0.3) is 0 Å². The number of hydrogen-bond acceptors (Lipinski definition) is 6. The molecule has 2 saturated heterocycles. The van der Waals surface area contributed by atoms with E-state index < -0.39 is 23.3 Å². The summed E-state index contributed by atoms with van der Waals surface area (Å²) in [7, 11) is 0. The summed E-state index contributed by atoms with van der Waals surface area (Å²) in [4.78, 5) is 27.7. The van der Waals surface area contributed by atoms with Gasteiger partial charge < -0.3 is 21.1 Å². The Morgan fingerprint density at radius 1 is 1.19 bits per heavy atom. The van der Waals surface area contributed by atoms with Crippen LogP contribution in [0.2, 0.25) is 5.15 Å². The van der Waals surface area contributed by atoms with E-state index in [2.05, 4.69) is 15.5 Å². The monoisotopic (exact) mass is 443 g/mol. The van der Waals surface area contributed by atoms with Crippen LogP contribution in [0.25, 0.3) is 0 Å². The van der Waals surface area contributed by atoms with Crippen LogP contribution in [0.1, 0.15) is 42.9 Å². The first kappa shape index (κ1) is 21.5. The molecule has 0 saturated carbocycles. The molecule has 1 amide bonds. The van der Waals surface area contributed by atoms with E-state index in [4.69, 9.17) is 17.3 Å². The Morgan fingerprint density at radius 3 is 2.58 bits per heavy atom. The van der Waals surface area contributed by atoms with E-state index in [0.717, 1.165) is 18.7 Å². The van der Waals surface area contributed by atoms with Gasteiger partial charge in [0.1, 0.15) is 0 Å². The molecule has 2 fully saturated rings. The average Bonchev–Trinajstić information content (AvgIpc) is 2.80. The fraction of sp³-hybridized carbons (Fsp3) is 0.455. The maximum Gasteiger partial charge on any atom is 0.306 e. The molecule has 2 aliphatic rings. The van der Waals surface area contributed by atoms with Crippen LogP contribution in [0.4, 0.5) is 5.82 Å². The van der Waals surface area contributed by atoms with Gasteiger partial charge >= 0.3 is 5.97 Å². The minimum Gasteiger partial charge on any atom is -0.481 e. The third-order valence-electron chi connectivity index (χ3n) is 6.59. The van der Waals surface area contributed by atoms with Gasteiger partial charge in [-0.15, -0.1) is 10.2 Å². The molecule has 2 atom stereocenters. The van der Waals surface area contributed by atoms with E-state index in [9.17, 15) is 14.7 Å². The van der Waals surface area contributed by atoms with Gasteiger partial charge in [-0.1, -0.05) is 41.9 Å². The van der Waals surface area contributed by atoms with Gasteiger partial charge in [0.05, 0.1) is 17.4 Å². The second-order valence-electron chi connectivity index (χ2n) is 8.28. The summed E-state index contributed by atoms with van der Waals surface area (Å²) in [5, 5.41) is 20.8. The van der Waals surface area contributed by atoms with Gasteiger partial charge in [-0.25, -0.2) is 0 Å². The highest BCUT2D eigenvalue weighted by Gasteiger charge is 2.47. The molecule has 8 nitrogen and oxygen atoms in total. The van der Waals surface area contributed by atoms with Crippen molar-refractivity contribution in [1.29, 1.82) is 0 Å². The highest BCUT2D eigenvalue weighted by molar-refractivity contribution is 6.29. The normalized spacial score (nSPS) is 23.3. The predicted octanol–water partition coefficient (Wildman–Crippen LogP) is 2.40. The number of piperidine rings is 2. The number of carbonyl (C=O) groups excluding carboxylic acids is 1. The van der Waals surface area contributed by atoms with Crippen LogP contribution in [-0.4, -0.2) is 51.7 Å². The molecule has 1 aromatic carbocycles. The van der Waals surface area contributed by atoms with Crippen LogP contribution in [0.15, 0.2) is 36.4 Å². The summed E-state index contributed by atoms with van der Waals surface area (Å²) < 4.78 is 0. The number of nitrogens with zero attached hydrogens (tertiary/aromatic N) is 3. The lowest BCUT2D eigenvalue weighted by Gasteiger charge is -2.46. The van der Waals surface area contributed by atoms with Gasteiger partial charge in [0, 0.05) is 12.1 Å². The van der Waals surface area contributed by atoms with E-state index in [1.165, 1.54) is 0 Å².